The second-order valence-corrected chi connectivity index (χ2v) is 7.63. The third-order valence-electron chi connectivity index (χ3n) is 4.70. The van der Waals surface area contributed by atoms with Crippen molar-refractivity contribution < 1.29 is 9.47 Å². The normalized spacial score (nSPS) is 13.1. The van der Waals surface area contributed by atoms with Gasteiger partial charge in [0.1, 0.15) is 18.1 Å². The number of aromatic nitrogens is 2. The third kappa shape index (κ3) is 3.11. The lowest BCUT2D eigenvalue weighted by Crippen LogP contribution is -2.06. The summed E-state index contributed by atoms with van der Waals surface area (Å²) in [6.45, 7) is 0.556. The Balaban J connectivity index is 1.39. The van der Waals surface area contributed by atoms with Gasteiger partial charge < -0.3 is 9.47 Å². The largest absolute Gasteiger partial charge is 0.497 e. The number of ether oxygens (including phenoxy) is 2. The van der Waals surface area contributed by atoms with Crippen molar-refractivity contribution in [3.8, 4) is 11.5 Å². The highest BCUT2D eigenvalue weighted by Gasteiger charge is 2.16. The van der Waals surface area contributed by atoms with E-state index in [4.69, 9.17) is 14.5 Å². The lowest BCUT2D eigenvalue weighted by molar-refractivity contribution is 0.365. The van der Waals surface area contributed by atoms with Crippen molar-refractivity contribution in [1.29, 1.82) is 0 Å². The molecular formula is C22H18N2O2S. The molecule has 0 radical (unpaired) electrons. The summed E-state index contributed by atoms with van der Waals surface area (Å²) in [5.41, 5.74) is 4.46. The van der Waals surface area contributed by atoms with Crippen molar-refractivity contribution in [2.45, 2.75) is 6.42 Å². The maximum absolute atomic E-state index is 5.86. The molecule has 4 aromatic rings. The van der Waals surface area contributed by atoms with E-state index in [1.54, 1.807) is 18.4 Å². The number of hydrogen-bond donors (Lipinski definition) is 0. The van der Waals surface area contributed by atoms with E-state index in [0.29, 0.717) is 6.61 Å². The van der Waals surface area contributed by atoms with Gasteiger partial charge in [0.15, 0.2) is 4.96 Å². The molecule has 27 heavy (non-hydrogen) atoms. The Morgan fingerprint density at radius 2 is 1.96 bits per heavy atom. The van der Waals surface area contributed by atoms with Gasteiger partial charge in [-0.1, -0.05) is 30.3 Å². The van der Waals surface area contributed by atoms with Crippen LogP contribution in [0.3, 0.4) is 0 Å². The van der Waals surface area contributed by atoms with Gasteiger partial charge in [-0.3, -0.25) is 4.40 Å². The van der Waals surface area contributed by atoms with Gasteiger partial charge in [0.05, 0.1) is 12.8 Å². The Bertz CT molecular complexity index is 1110. The number of nitrogens with zero attached hydrogens (tertiary/aromatic N) is 2. The first kappa shape index (κ1) is 16.1. The average Bonchev–Trinajstić information content (AvgIpc) is 3.27. The van der Waals surface area contributed by atoms with Crippen LogP contribution >= 0.6 is 11.3 Å². The van der Waals surface area contributed by atoms with Crippen molar-refractivity contribution in [2.24, 2.45) is 0 Å². The van der Waals surface area contributed by atoms with E-state index in [0.717, 1.165) is 39.7 Å². The summed E-state index contributed by atoms with van der Waals surface area (Å²) in [6.07, 6.45) is 7.32. The summed E-state index contributed by atoms with van der Waals surface area (Å²) < 4.78 is 13.2. The highest BCUT2D eigenvalue weighted by molar-refractivity contribution is 7.17. The van der Waals surface area contributed by atoms with E-state index in [1.807, 2.05) is 30.3 Å². The van der Waals surface area contributed by atoms with E-state index in [9.17, 15) is 0 Å². The van der Waals surface area contributed by atoms with Gasteiger partial charge >= 0.3 is 0 Å². The molecule has 0 fully saturated rings. The molecule has 0 N–H and O–H groups in total. The quantitative estimate of drug-likeness (QED) is 0.508. The first-order valence-electron chi connectivity index (χ1n) is 8.81. The molecule has 5 heteroatoms. The van der Waals surface area contributed by atoms with Crippen LogP contribution in [0.25, 0.3) is 16.6 Å². The van der Waals surface area contributed by atoms with Crippen LogP contribution in [0.1, 0.15) is 21.7 Å². The lowest BCUT2D eigenvalue weighted by Gasteiger charge is -2.16. The van der Waals surface area contributed by atoms with E-state index in [2.05, 4.69) is 41.1 Å². The predicted molar refractivity (Wildman–Crippen MR) is 109 cm³/mol. The molecule has 0 saturated heterocycles. The second kappa shape index (κ2) is 6.59. The standard InChI is InChI=1S/C22H18N2O2S/c1-25-18-8-6-15(7-9-18)10-19-12-24-13-20(23-22(24)27-19)17-11-16-4-2-3-5-21(16)26-14-17/h2-9,11-13H,10,14H2,1H3. The fourth-order valence-corrected chi connectivity index (χ4v) is 4.28. The zero-order chi connectivity index (χ0) is 18.2. The van der Waals surface area contributed by atoms with Crippen molar-refractivity contribution >= 4 is 27.9 Å². The SMILES string of the molecule is COc1ccc(Cc2cn3cc(C4=Cc5ccccc5OC4)nc3s2)cc1. The van der Waals surface area contributed by atoms with Crippen LogP contribution in [0.15, 0.2) is 60.9 Å². The maximum atomic E-state index is 5.86. The molecule has 3 heterocycles. The molecule has 0 atom stereocenters. The number of thiazole rings is 1. The fourth-order valence-electron chi connectivity index (χ4n) is 3.29. The van der Waals surface area contributed by atoms with Crippen LogP contribution in [0.2, 0.25) is 0 Å². The molecule has 0 spiro atoms. The maximum Gasteiger partial charge on any atom is 0.194 e. The molecule has 1 aliphatic heterocycles. The monoisotopic (exact) mass is 374 g/mol. The summed E-state index contributed by atoms with van der Waals surface area (Å²) in [6, 6.07) is 16.3. The minimum Gasteiger partial charge on any atom is -0.497 e. The van der Waals surface area contributed by atoms with Crippen molar-refractivity contribution in [3.05, 3.63) is 82.6 Å². The number of imidazole rings is 1. The molecule has 0 unspecified atom stereocenters. The molecular weight excluding hydrogens is 356 g/mol. The zero-order valence-corrected chi connectivity index (χ0v) is 15.7. The molecule has 0 aliphatic carbocycles. The molecule has 134 valence electrons. The van der Waals surface area contributed by atoms with Gasteiger partial charge in [-0.25, -0.2) is 4.98 Å². The third-order valence-corrected chi connectivity index (χ3v) is 5.70. The smallest absolute Gasteiger partial charge is 0.194 e. The van der Waals surface area contributed by atoms with Crippen molar-refractivity contribution in [1.82, 2.24) is 9.38 Å². The first-order chi connectivity index (χ1) is 13.3. The van der Waals surface area contributed by atoms with E-state index < -0.39 is 0 Å². The minimum atomic E-state index is 0.556. The van der Waals surface area contributed by atoms with Gasteiger partial charge in [0.25, 0.3) is 0 Å². The number of methoxy groups -OCH3 is 1. The second-order valence-electron chi connectivity index (χ2n) is 6.53. The molecule has 0 bridgehead atoms. The molecule has 1 aliphatic rings. The van der Waals surface area contributed by atoms with Crippen LogP contribution in [-0.2, 0) is 6.42 Å². The molecule has 5 rings (SSSR count). The summed E-state index contributed by atoms with van der Waals surface area (Å²) in [5, 5.41) is 0. The molecule has 0 amide bonds. The topological polar surface area (TPSA) is 35.8 Å². The van der Waals surface area contributed by atoms with Crippen LogP contribution in [0, 0.1) is 0 Å². The van der Waals surface area contributed by atoms with E-state index in [-0.39, 0.29) is 0 Å². The van der Waals surface area contributed by atoms with Crippen LogP contribution < -0.4 is 9.47 Å². The van der Waals surface area contributed by atoms with Gasteiger partial charge in [-0.15, -0.1) is 11.3 Å². The lowest BCUT2D eigenvalue weighted by atomic mass is 10.1. The first-order valence-corrected chi connectivity index (χ1v) is 9.63. The Morgan fingerprint density at radius 1 is 1.11 bits per heavy atom. The zero-order valence-electron chi connectivity index (χ0n) is 14.9. The number of para-hydroxylation sites is 1. The Labute approximate surface area is 161 Å². The van der Waals surface area contributed by atoms with Crippen LogP contribution in [0.5, 0.6) is 11.5 Å². The van der Waals surface area contributed by atoms with Gasteiger partial charge in [-0.2, -0.15) is 0 Å². The molecule has 4 nitrogen and oxygen atoms in total. The highest BCUT2D eigenvalue weighted by Crippen LogP contribution is 2.31. The average molecular weight is 374 g/mol. The summed E-state index contributed by atoms with van der Waals surface area (Å²) in [4.78, 5) is 7.11. The summed E-state index contributed by atoms with van der Waals surface area (Å²) >= 11 is 1.73. The molecule has 2 aromatic heterocycles. The van der Waals surface area contributed by atoms with E-state index >= 15 is 0 Å². The Kier molecular flexibility index (Phi) is 3.94. The van der Waals surface area contributed by atoms with E-state index in [1.165, 1.54) is 10.4 Å². The molecule has 0 saturated carbocycles. The van der Waals surface area contributed by atoms with Crippen LogP contribution in [0.4, 0.5) is 0 Å². The highest BCUT2D eigenvalue weighted by atomic mass is 32.1. The van der Waals surface area contributed by atoms with Gasteiger partial charge in [-0.05, 0) is 29.8 Å². The summed E-state index contributed by atoms with van der Waals surface area (Å²) in [5.74, 6) is 1.82. The number of fused-ring (bicyclic) bond motifs is 2. The number of benzene rings is 2. The minimum absolute atomic E-state index is 0.556. The van der Waals surface area contributed by atoms with Gasteiger partial charge in [0, 0.05) is 34.8 Å². The Hall–Kier alpha value is -3.05. The predicted octanol–water partition coefficient (Wildman–Crippen LogP) is 4.93. The number of rotatable bonds is 4. The number of hydrogen-bond acceptors (Lipinski definition) is 4. The van der Waals surface area contributed by atoms with Crippen LogP contribution in [-0.4, -0.2) is 23.1 Å². The summed E-state index contributed by atoms with van der Waals surface area (Å²) in [7, 11) is 1.69. The van der Waals surface area contributed by atoms with Crippen molar-refractivity contribution in [3.63, 3.8) is 0 Å². The fraction of sp³-hybridized carbons (Fsp3) is 0.136. The molecule has 2 aromatic carbocycles. The Morgan fingerprint density at radius 3 is 2.78 bits per heavy atom. The van der Waals surface area contributed by atoms with Gasteiger partial charge in [0.2, 0.25) is 0 Å². The van der Waals surface area contributed by atoms with Crippen molar-refractivity contribution in [2.75, 3.05) is 13.7 Å².